The Morgan fingerprint density at radius 3 is 2.17 bits per heavy atom. The molecule has 2 aromatic rings. The molecule has 0 fully saturated rings. The van der Waals surface area contributed by atoms with E-state index in [9.17, 15) is 5.11 Å². The highest BCUT2D eigenvalue weighted by Crippen LogP contribution is 2.33. The maximum absolute atomic E-state index is 10.1. The van der Waals surface area contributed by atoms with Crippen molar-refractivity contribution in [2.24, 2.45) is 0 Å². The maximum Gasteiger partial charge on any atom is 0.118 e. The SMILES string of the molecule is CCCCCCc1ccccc1C(C)(C)Cc1ccccc1O. The summed E-state index contributed by atoms with van der Waals surface area (Å²) in [6.07, 6.45) is 7.18. The van der Waals surface area contributed by atoms with Gasteiger partial charge in [-0.05, 0) is 47.4 Å². The van der Waals surface area contributed by atoms with Gasteiger partial charge in [-0.3, -0.25) is 0 Å². The Kier molecular flexibility index (Phi) is 6.27. The second-order valence-corrected chi connectivity index (χ2v) is 7.16. The minimum absolute atomic E-state index is 0.0141. The van der Waals surface area contributed by atoms with E-state index >= 15 is 0 Å². The monoisotopic (exact) mass is 310 g/mol. The van der Waals surface area contributed by atoms with Gasteiger partial charge in [0, 0.05) is 0 Å². The predicted molar refractivity (Wildman–Crippen MR) is 99.1 cm³/mol. The molecule has 0 aromatic heterocycles. The molecule has 0 aliphatic carbocycles. The van der Waals surface area contributed by atoms with E-state index in [1.807, 2.05) is 18.2 Å². The summed E-state index contributed by atoms with van der Waals surface area (Å²) < 4.78 is 0. The molecule has 0 aliphatic heterocycles. The van der Waals surface area contributed by atoms with E-state index in [0.29, 0.717) is 5.75 Å². The molecule has 0 unspecified atom stereocenters. The number of unbranched alkanes of at least 4 members (excludes halogenated alkanes) is 3. The lowest BCUT2D eigenvalue weighted by Gasteiger charge is -2.28. The lowest BCUT2D eigenvalue weighted by atomic mass is 9.76. The minimum atomic E-state index is 0.0141. The molecule has 0 atom stereocenters. The number of hydrogen-bond donors (Lipinski definition) is 1. The van der Waals surface area contributed by atoms with Crippen LogP contribution < -0.4 is 0 Å². The topological polar surface area (TPSA) is 20.2 Å². The molecular formula is C22H30O. The third-order valence-electron chi connectivity index (χ3n) is 4.67. The van der Waals surface area contributed by atoms with Gasteiger partial charge in [-0.25, -0.2) is 0 Å². The van der Waals surface area contributed by atoms with Gasteiger partial charge in [-0.2, -0.15) is 0 Å². The first-order valence-corrected chi connectivity index (χ1v) is 8.90. The van der Waals surface area contributed by atoms with Gasteiger partial charge < -0.3 is 5.11 Å². The molecule has 0 aliphatic rings. The van der Waals surface area contributed by atoms with Crippen molar-refractivity contribution < 1.29 is 5.11 Å². The molecule has 2 rings (SSSR count). The Balaban J connectivity index is 2.17. The fourth-order valence-corrected chi connectivity index (χ4v) is 3.37. The minimum Gasteiger partial charge on any atom is -0.508 e. The molecule has 1 N–H and O–H groups in total. The molecule has 0 amide bonds. The Labute approximate surface area is 141 Å². The van der Waals surface area contributed by atoms with Crippen molar-refractivity contribution in [2.75, 3.05) is 0 Å². The zero-order valence-electron chi connectivity index (χ0n) is 14.8. The van der Waals surface area contributed by atoms with Crippen LogP contribution in [-0.2, 0) is 18.3 Å². The van der Waals surface area contributed by atoms with Gasteiger partial charge in [-0.1, -0.05) is 82.5 Å². The first-order chi connectivity index (χ1) is 11.0. The number of para-hydroxylation sites is 1. The third-order valence-corrected chi connectivity index (χ3v) is 4.67. The highest BCUT2D eigenvalue weighted by atomic mass is 16.3. The molecule has 0 saturated carbocycles. The van der Waals surface area contributed by atoms with Crippen molar-refractivity contribution in [2.45, 2.75) is 64.7 Å². The van der Waals surface area contributed by atoms with Crippen molar-refractivity contribution >= 4 is 0 Å². The second-order valence-electron chi connectivity index (χ2n) is 7.16. The van der Waals surface area contributed by atoms with Crippen LogP contribution in [-0.4, -0.2) is 5.11 Å². The second kappa shape index (κ2) is 8.19. The summed E-state index contributed by atoms with van der Waals surface area (Å²) in [4.78, 5) is 0. The van der Waals surface area contributed by atoms with Crippen molar-refractivity contribution in [3.63, 3.8) is 0 Å². The quantitative estimate of drug-likeness (QED) is 0.590. The van der Waals surface area contributed by atoms with E-state index in [0.717, 1.165) is 18.4 Å². The van der Waals surface area contributed by atoms with Crippen LogP contribution in [0, 0.1) is 0 Å². The summed E-state index contributed by atoms with van der Waals surface area (Å²) >= 11 is 0. The lowest BCUT2D eigenvalue weighted by Crippen LogP contribution is -2.22. The number of aryl methyl sites for hydroxylation is 1. The Hall–Kier alpha value is -1.76. The van der Waals surface area contributed by atoms with Crippen molar-refractivity contribution in [1.82, 2.24) is 0 Å². The first kappa shape index (κ1) is 17.6. The molecule has 0 spiro atoms. The maximum atomic E-state index is 10.1. The lowest BCUT2D eigenvalue weighted by molar-refractivity contribution is 0.449. The average Bonchev–Trinajstić information content (AvgIpc) is 2.54. The fourth-order valence-electron chi connectivity index (χ4n) is 3.37. The molecule has 1 nitrogen and oxygen atoms in total. The average molecular weight is 310 g/mol. The summed E-state index contributed by atoms with van der Waals surface area (Å²) in [6, 6.07) is 16.5. The van der Waals surface area contributed by atoms with Gasteiger partial charge in [-0.15, -0.1) is 0 Å². The molecule has 0 radical (unpaired) electrons. The zero-order chi connectivity index (χ0) is 16.7. The van der Waals surface area contributed by atoms with E-state index in [2.05, 4.69) is 45.0 Å². The number of aromatic hydroxyl groups is 1. The number of phenolic OH excluding ortho intramolecular Hbond substituents is 1. The largest absolute Gasteiger partial charge is 0.508 e. The van der Waals surface area contributed by atoms with Gasteiger partial charge >= 0.3 is 0 Å². The van der Waals surface area contributed by atoms with Crippen LogP contribution in [0.5, 0.6) is 5.75 Å². The van der Waals surface area contributed by atoms with Crippen LogP contribution in [0.15, 0.2) is 48.5 Å². The van der Waals surface area contributed by atoms with Crippen LogP contribution in [0.1, 0.15) is 63.1 Å². The van der Waals surface area contributed by atoms with Gasteiger partial charge in [0.05, 0.1) is 0 Å². The third kappa shape index (κ3) is 4.86. The Morgan fingerprint density at radius 2 is 1.48 bits per heavy atom. The fraction of sp³-hybridized carbons (Fsp3) is 0.455. The van der Waals surface area contributed by atoms with Crippen molar-refractivity contribution in [1.29, 1.82) is 0 Å². The number of benzene rings is 2. The van der Waals surface area contributed by atoms with E-state index < -0.39 is 0 Å². The predicted octanol–water partition coefficient (Wildman–Crippen LogP) is 6.04. The number of phenols is 1. The molecule has 0 heterocycles. The normalized spacial score (nSPS) is 11.6. The smallest absolute Gasteiger partial charge is 0.118 e. The summed E-state index contributed by atoms with van der Waals surface area (Å²) in [5, 5.41) is 10.1. The van der Waals surface area contributed by atoms with Crippen molar-refractivity contribution in [3.8, 4) is 5.75 Å². The van der Waals surface area contributed by atoms with E-state index in [-0.39, 0.29) is 5.41 Å². The van der Waals surface area contributed by atoms with Gasteiger partial charge in [0.1, 0.15) is 5.75 Å². The molecule has 0 bridgehead atoms. The van der Waals surface area contributed by atoms with Crippen LogP contribution in [0.3, 0.4) is 0 Å². The summed E-state index contributed by atoms with van der Waals surface area (Å²) in [5.41, 5.74) is 3.92. The molecule has 124 valence electrons. The number of rotatable bonds is 8. The molecule has 23 heavy (non-hydrogen) atoms. The standard InChI is InChI=1S/C22H30O/c1-4-5-6-7-12-18-13-8-10-15-20(18)22(2,3)17-19-14-9-11-16-21(19)23/h8-11,13-16,23H,4-7,12,17H2,1-3H3. The molecule has 2 aromatic carbocycles. The first-order valence-electron chi connectivity index (χ1n) is 8.90. The highest BCUT2D eigenvalue weighted by molar-refractivity contribution is 5.39. The Bertz CT molecular complexity index is 613. The van der Waals surface area contributed by atoms with Gasteiger partial charge in [0.15, 0.2) is 0 Å². The molecule has 0 saturated heterocycles. The molecule has 1 heteroatoms. The van der Waals surface area contributed by atoms with Gasteiger partial charge in [0.2, 0.25) is 0 Å². The number of hydrogen-bond acceptors (Lipinski definition) is 1. The van der Waals surface area contributed by atoms with Gasteiger partial charge in [0.25, 0.3) is 0 Å². The summed E-state index contributed by atoms with van der Waals surface area (Å²) in [5.74, 6) is 0.404. The van der Waals surface area contributed by atoms with E-state index in [1.54, 1.807) is 6.07 Å². The van der Waals surface area contributed by atoms with Crippen LogP contribution in [0.25, 0.3) is 0 Å². The van der Waals surface area contributed by atoms with Crippen molar-refractivity contribution in [3.05, 3.63) is 65.2 Å². The zero-order valence-corrected chi connectivity index (χ0v) is 14.8. The van der Waals surface area contributed by atoms with E-state index in [1.165, 1.54) is 36.8 Å². The summed E-state index contributed by atoms with van der Waals surface area (Å²) in [7, 11) is 0. The van der Waals surface area contributed by atoms with Crippen LogP contribution in [0.4, 0.5) is 0 Å². The van der Waals surface area contributed by atoms with E-state index in [4.69, 9.17) is 0 Å². The Morgan fingerprint density at radius 1 is 0.826 bits per heavy atom. The van der Waals surface area contributed by atoms with Crippen LogP contribution in [0.2, 0.25) is 0 Å². The highest BCUT2D eigenvalue weighted by Gasteiger charge is 2.24. The molecular weight excluding hydrogens is 280 g/mol. The van der Waals surface area contributed by atoms with Crippen LogP contribution >= 0.6 is 0 Å². The summed E-state index contributed by atoms with van der Waals surface area (Å²) in [6.45, 7) is 6.82.